The molecule has 19 heavy (non-hydrogen) atoms. The van der Waals surface area contributed by atoms with Gasteiger partial charge in [0.1, 0.15) is 5.75 Å². The highest BCUT2D eigenvalue weighted by molar-refractivity contribution is 9.10. The topological polar surface area (TPSA) is 73.4 Å². The van der Waals surface area contributed by atoms with E-state index in [1.54, 1.807) is 6.07 Å². The van der Waals surface area contributed by atoms with Gasteiger partial charge in [0.05, 0.1) is 5.56 Å². The molecule has 0 radical (unpaired) electrons. The maximum Gasteiger partial charge on any atom is 0.273 e. The molecule has 0 aliphatic heterocycles. The molecule has 0 bridgehead atoms. The van der Waals surface area contributed by atoms with Gasteiger partial charge in [0.25, 0.3) is 5.91 Å². The number of benzene rings is 1. The minimum Gasteiger partial charge on any atom is -0.507 e. The van der Waals surface area contributed by atoms with E-state index in [2.05, 4.69) is 32.1 Å². The Kier molecular flexibility index (Phi) is 6.04. The second kappa shape index (κ2) is 7.30. The van der Waals surface area contributed by atoms with Gasteiger partial charge in [-0.2, -0.15) is 0 Å². The second-order valence-corrected chi connectivity index (χ2v) is 5.67. The lowest BCUT2D eigenvalue weighted by Crippen LogP contribution is -2.47. The molecule has 1 amide bonds. The maximum absolute atomic E-state index is 11.8. The minimum absolute atomic E-state index is 0.0939. The van der Waals surface area contributed by atoms with E-state index in [1.807, 2.05) is 13.8 Å². The number of halogens is 1. The van der Waals surface area contributed by atoms with Crippen LogP contribution < -0.4 is 16.2 Å². The van der Waals surface area contributed by atoms with E-state index in [-0.39, 0.29) is 11.3 Å². The van der Waals surface area contributed by atoms with Crippen LogP contribution in [0.3, 0.4) is 0 Å². The lowest BCUT2D eigenvalue weighted by atomic mass is 10.2. The molecule has 1 rings (SSSR count). The van der Waals surface area contributed by atoms with Gasteiger partial charge >= 0.3 is 0 Å². The van der Waals surface area contributed by atoms with Crippen molar-refractivity contribution in [3.63, 3.8) is 0 Å². The lowest BCUT2D eigenvalue weighted by Gasteiger charge is -2.13. The molecule has 0 fully saturated rings. The molecular weight excluding hydrogens is 330 g/mol. The zero-order valence-corrected chi connectivity index (χ0v) is 13.1. The van der Waals surface area contributed by atoms with E-state index in [1.165, 1.54) is 12.1 Å². The molecule has 0 saturated heterocycles. The maximum atomic E-state index is 11.8. The van der Waals surface area contributed by atoms with Crippen LogP contribution in [-0.2, 0) is 0 Å². The molecule has 4 N–H and O–H groups in total. The summed E-state index contributed by atoms with van der Waals surface area (Å²) in [5.74, 6) is -0.111. The Morgan fingerprint density at radius 1 is 1.42 bits per heavy atom. The molecule has 5 nitrogen and oxygen atoms in total. The zero-order chi connectivity index (χ0) is 14.4. The van der Waals surface area contributed by atoms with Crippen LogP contribution in [0.25, 0.3) is 0 Å². The molecule has 1 aromatic rings. The molecule has 0 unspecified atom stereocenters. The molecule has 0 spiro atoms. The fraction of sp³-hybridized carbons (Fsp3) is 0.333. The smallest absolute Gasteiger partial charge is 0.273 e. The summed E-state index contributed by atoms with van der Waals surface area (Å²) >= 11 is 8.23. The summed E-state index contributed by atoms with van der Waals surface area (Å²) in [6, 6.07) is 4.61. The molecule has 104 valence electrons. The molecule has 7 heteroatoms. The van der Waals surface area contributed by atoms with Gasteiger partial charge < -0.3 is 10.4 Å². The highest BCUT2D eigenvalue weighted by Gasteiger charge is 2.11. The van der Waals surface area contributed by atoms with E-state index in [9.17, 15) is 9.90 Å². The average Bonchev–Trinajstić information content (AvgIpc) is 2.36. The van der Waals surface area contributed by atoms with Crippen LogP contribution in [0.5, 0.6) is 5.75 Å². The van der Waals surface area contributed by atoms with Crippen molar-refractivity contribution < 1.29 is 9.90 Å². The third-order valence-electron chi connectivity index (χ3n) is 2.16. The molecule has 0 aliphatic carbocycles. The van der Waals surface area contributed by atoms with Gasteiger partial charge in [-0.1, -0.05) is 29.8 Å². The summed E-state index contributed by atoms with van der Waals surface area (Å²) < 4.78 is 0.705. The van der Waals surface area contributed by atoms with E-state index in [0.717, 1.165) is 0 Å². The van der Waals surface area contributed by atoms with Crippen LogP contribution in [0.4, 0.5) is 0 Å². The zero-order valence-electron chi connectivity index (χ0n) is 10.7. The Bertz CT molecular complexity index is 480. The standard InChI is InChI=1S/C12H16BrN3O2S/c1-7(2)6-14-12(19)16-15-11(18)9-5-8(13)3-4-10(9)17/h3-5,7,17H,6H2,1-2H3,(H,15,18)(H2,14,16,19). The van der Waals surface area contributed by atoms with Crippen molar-refractivity contribution in [2.24, 2.45) is 5.92 Å². The second-order valence-electron chi connectivity index (χ2n) is 4.34. The van der Waals surface area contributed by atoms with Crippen molar-refractivity contribution in [2.75, 3.05) is 6.54 Å². The van der Waals surface area contributed by atoms with Gasteiger partial charge in [-0.25, -0.2) is 0 Å². The van der Waals surface area contributed by atoms with Crippen LogP contribution in [0.1, 0.15) is 24.2 Å². The SMILES string of the molecule is CC(C)CNC(=S)NNC(=O)c1cc(Br)ccc1O. The van der Waals surface area contributed by atoms with Crippen molar-refractivity contribution >= 4 is 39.2 Å². The first-order valence-electron chi connectivity index (χ1n) is 5.73. The summed E-state index contributed by atoms with van der Waals surface area (Å²) in [7, 11) is 0. The van der Waals surface area contributed by atoms with Crippen LogP contribution in [0, 0.1) is 5.92 Å². The largest absolute Gasteiger partial charge is 0.507 e. The summed E-state index contributed by atoms with van der Waals surface area (Å²) in [5.41, 5.74) is 5.16. The number of nitrogens with one attached hydrogen (secondary N) is 3. The average molecular weight is 346 g/mol. The van der Waals surface area contributed by atoms with Crippen LogP contribution >= 0.6 is 28.1 Å². The Morgan fingerprint density at radius 2 is 2.11 bits per heavy atom. The highest BCUT2D eigenvalue weighted by atomic mass is 79.9. The van der Waals surface area contributed by atoms with Gasteiger partial charge in [0.2, 0.25) is 0 Å². The van der Waals surface area contributed by atoms with Gasteiger partial charge in [-0.15, -0.1) is 0 Å². The van der Waals surface area contributed by atoms with Crippen LogP contribution in [0.15, 0.2) is 22.7 Å². The first-order valence-corrected chi connectivity index (χ1v) is 6.93. The third kappa shape index (κ3) is 5.44. The number of rotatable bonds is 3. The van der Waals surface area contributed by atoms with E-state index in [4.69, 9.17) is 12.2 Å². The monoisotopic (exact) mass is 345 g/mol. The number of aromatic hydroxyl groups is 1. The number of carbonyl (C=O) groups is 1. The first-order chi connectivity index (χ1) is 8.90. The third-order valence-corrected chi connectivity index (χ3v) is 2.90. The Balaban J connectivity index is 2.51. The number of carbonyl (C=O) groups excluding carboxylic acids is 1. The molecule has 0 atom stereocenters. The molecular formula is C12H16BrN3O2S. The van der Waals surface area contributed by atoms with Crippen LogP contribution in [-0.4, -0.2) is 22.7 Å². The van der Waals surface area contributed by atoms with Crippen molar-refractivity contribution in [3.05, 3.63) is 28.2 Å². The minimum atomic E-state index is -0.465. The summed E-state index contributed by atoms with van der Waals surface area (Å²) in [6.45, 7) is 4.81. The quantitative estimate of drug-likeness (QED) is 0.497. The Hall–Kier alpha value is -1.34. The van der Waals surface area contributed by atoms with Gasteiger partial charge in [0, 0.05) is 11.0 Å². The van der Waals surface area contributed by atoms with Crippen molar-refractivity contribution in [1.82, 2.24) is 16.2 Å². The van der Waals surface area contributed by atoms with Gasteiger partial charge in [-0.05, 0) is 36.3 Å². The Morgan fingerprint density at radius 3 is 2.74 bits per heavy atom. The summed E-state index contributed by atoms with van der Waals surface area (Å²) in [5, 5.41) is 12.9. The van der Waals surface area contributed by atoms with E-state index < -0.39 is 5.91 Å². The van der Waals surface area contributed by atoms with Crippen LogP contribution in [0.2, 0.25) is 0 Å². The molecule has 0 saturated carbocycles. The van der Waals surface area contributed by atoms with Gasteiger partial charge in [0.15, 0.2) is 5.11 Å². The predicted molar refractivity (Wildman–Crippen MR) is 81.8 cm³/mol. The number of phenolic OH excluding ortho intramolecular Hbond substituents is 1. The molecule has 0 aromatic heterocycles. The number of phenols is 1. The van der Waals surface area contributed by atoms with Crippen molar-refractivity contribution in [3.8, 4) is 5.75 Å². The lowest BCUT2D eigenvalue weighted by molar-refractivity contribution is 0.0941. The number of hydrazine groups is 1. The number of amides is 1. The first kappa shape index (κ1) is 15.7. The van der Waals surface area contributed by atoms with Crippen molar-refractivity contribution in [1.29, 1.82) is 0 Å². The fourth-order valence-corrected chi connectivity index (χ4v) is 1.71. The predicted octanol–water partition coefficient (Wildman–Crippen LogP) is 1.92. The normalized spacial score (nSPS) is 10.1. The number of hydrogen-bond acceptors (Lipinski definition) is 3. The molecule has 0 heterocycles. The molecule has 0 aliphatic rings. The van der Waals surface area contributed by atoms with Gasteiger partial charge in [-0.3, -0.25) is 15.6 Å². The number of thiocarbonyl (C=S) groups is 1. The van der Waals surface area contributed by atoms with E-state index >= 15 is 0 Å². The number of hydrogen-bond donors (Lipinski definition) is 4. The fourth-order valence-electron chi connectivity index (χ4n) is 1.21. The van der Waals surface area contributed by atoms with E-state index in [0.29, 0.717) is 22.0 Å². The Labute approximate surface area is 125 Å². The summed E-state index contributed by atoms with van der Waals surface area (Å²) in [4.78, 5) is 11.8. The van der Waals surface area contributed by atoms with Crippen molar-refractivity contribution in [2.45, 2.75) is 13.8 Å². The summed E-state index contributed by atoms with van der Waals surface area (Å²) in [6.07, 6.45) is 0. The highest BCUT2D eigenvalue weighted by Crippen LogP contribution is 2.21. The molecule has 1 aromatic carbocycles.